The van der Waals surface area contributed by atoms with Gasteiger partial charge in [-0.1, -0.05) is 11.6 Å². The second-order valence-corrected chi connectivity index (χ2v) is 8.67. The van der Waals surface area contributed by atoms with E-state index >= 15 is 0 Å². The fourth-order valence-corrected chi connectivity index (χ4v) is 5.11. The molecule has 0 unspecified atom stereocenters. The van der Waals surface area contributed by atoms with Crippen molar-refractivity contribution in [1.82, 2.24) is 9.80 Å². The number of benzene rings is 1. The van der Waals surface area contributed by atoms with E-state index in [2.05, 4.69) is 4.90 Å². The van der Waals surface area contributed by atoms with Crippen LogP contribution in [0.4, 0.5) is 4.39 Å². The molecule has 3 rings (SSSR count). The van der Waals surface area contributed by atoms with Gasteiger partial charge in [0, 0.05) is 37.2 Å². The zero-order valence-electron chi connectivity index (χ0n) is 12.5. The minimum Gasteiger partial charge on any atom is -0.336 e. The lowest BCUT2D eigenvalue weighted by atomic mass is 10.1. The molecule has 8 heteroatoms. The van der Waals surface area contributed by atoms with Gasteiger partial charge in [0.2, 0.25) is 0 Å². The van der Waals surface area contributed by atoms with E-state index in [1.807, 2.05) is 0 Å². The van der Waals surface area contributed by atoms with Gasteiger partial charge in [0.25, 0.3) is 5.91 Å². The Morgan fingerprint density at radius 2 is 1.91 bits per heavy atom. The van der Waals surface area contributed by atoms with Crippen LogP contribution in [0.2, 0.25) is 5.02 Å². The third-order valence-electron chi connectivity index (χ3n) is 4.49. The Balaban J connectivity index is 1.61. The summed E-state index contributed by atoms with van der Waals surface area (Å²) < 4.78 is 37.0. The van der Waals surface area contributed by atoms with Gasteiger partial charge in [-0.2, -0.15) is 0 Å². The third kappa shape index (κ3) is 3.67. The number of carbonyl (C=O) groups is 1. The van der Waals surface area contributed by atoms with Crippen LogP contribution in [-0.4, -0.2) is 67.9 Å². The maximum absolute atomic E-state index is 13.9. The summed E-state index contributed by atoms with van der Waals surface area (Å²) in [5, 5.41) is 0.256. The maximum Gasteiger partial charge on any atom is 0.256 e. The summed E-state index contributed by atoms with van der Waals surface area (Å²) in [7, 11) is -2.91. The SMILES string of the molecule is O=C(c1ccc(Cl)cc1F)N1CCN([C@H]2CCS(=O)(=O)C2)CC1. The average Bonchev–Trinajstić information content (AvgIpc) is 2.87. The first-order valence-corrected chi connectivity index (χ1v) is 9.74. The zero-order valence-corrected chi connectivity index (χ0v) is 14.1. The molecule has 0 radical (unpaired) electrons. The molecule has 0 saturated carbocycles. The van der Waals surface area contributed by atoms with Crippen molar-refractivity contribution >= 4 is 27.3 Å². The molecule has 2 aliphatic heterocycles. The Morgan fingerprint density at radius 3 is 2.48 bits per heavy atom. The molecule has 2 saturated heterocycles. The van der Waals surface area contributed by atoms with Crippen molar-refractivity contribution < 1.29 is 17.6 Å². The van der Waals surface area contributed by atoms with Crippen molar-refractivity contribution in [2.75, 3.05) is 37.7 Å². The van der Waals surface area contributed by atoms with Crippen molar-refractivity contribution in [3.05, 3.63) is 34.6 Å². The molecule has 1 amide bonds. The van der Waals surface area contributed by atoms with Crippen LogP contribution in [0.3, 0.4) is 0 Å². The molecule has 1 aromatic rings. The number of sulfone groups is 1. The van der Waals surface area contributed by atoms with Gasteiger partial charge in [-0.05, 0) is 24.6 Å². The third-order valence-corrected chi connectivity index (χ3v) is 6.47. The number of carbonyl (C=O) groups excluding carboxylic acids is 1. The summed E-state index contributed by atoms with van der Waals surface area (Å²) in [5.74, 6) is -0.524. The quantitative estimate of drug-likeness (QED) is 0.800. The van der Waals surface area contributed by atoms with Gasteiger partial charge in [-0.15, -0.1) is 0 Å². The molecule has 1 aromatic carbocycles. The Labute approximate surface area is 139 Å². The van der Waals surface area contributed by atoms with Crippen molar-refractivity contribution in [2.45, 2.75) is 12.5 Å². The largest absolute Gasteiger partial charge is 0.336 e. The van der Waals surface area contributed by atoms with Gasteiger partial charge in [-0.25, -0.2) is 12.8 Å². The maximum atomic E-state index is 13.9. The Kier molecular flexibility index (Phi) is 4.62. The molecule has 5 nitrogen and oxygen atoms in total. The van der Waals surface area contributed by atoms with Crippen molar-refractivity contribution in [3.8, 4) is 0 Å². The molecule has 23 heavy (non-hydrogen) atoms. The highest BCUT2D eigenvalue weighted by Crippen LogP contribution is 2.21. The highest BCUT2D eigenvalue weighted by atomic mass is 35.5. The van der Waals surface area contributed by atoms with Gasteiger partial charge < -0.3 is 4.90 Å². The fraction of sp³-hybridized carbons (Fsp3) is 0.533. The number of nitrogens with zero attached hydrogens (tertiary/aromatic N) is 2. The summed E-state index contributed by atoms with van der Waals surface area (Å²) >= 11 is 5.70. The highest BCUT2D eigenvalue weighted by molar-refractivity contribution is 7.91. The van der Waals surface area contributed by atoms with Gasteiger partial charge in [-0.3, -0.25) is 9.69 Å². The predicted octanol–water partition coefficient (Wildman–Crippen LogP) is 1.42. The zero-order chi connectivity index (χ0) is 16.6. The van der Waals surface area contributed by atoms with Crippen LogP contribution in [0.15, 0.2) is 18.2 Å². The van der Waals surface area contributed by atoms with E-state index in [4.69, 9.17) is 11.6 Å². The number of hydrogen-bond donors (Lipinski definition) is 0. The summed E-state index contributed by atoms with van der Waals surface area (Å²) in [6.07, 6.45) is 0.655. The van der Waals surface area contributed by atoms with Gasteiger partial charge in [0.05, 0.1) is 17.1 Å². The first-order chi connectivity index (χ1) is 10.9. The van der Waals surface area contributed by atoms with Gasteiger partial charge >= 0.3 is 0 Å². The molecule has 0 aliphatic carbocycles. The summed E-state index contributed by atoms with van der Waals surface area (Å²) in [4.78, 5) is 16.1. The summed E-state index contributed by atoms with van der Waals surface area (Å²) in [5.41, 5.74) is 0.0197. The number of amides is 1. The second kappa shape index (κ2) is 6.37. The van der Waals surface area contributed by atoms with E-state index in [1.54, 1.807) is 4.90 Å². The van der Waals surface area contributed by atoms with E-state index in [0.717, 1.165) is 6.07 Å². The molecular weight excluding hydrogens is 343 g/mol. The molecule has 126 valence electrons. The van der Waals surface area contributed by atoms with E-state index in [-0.39, 0.29) is 34.0 Å². The molecule has 0 N–H and O–H groups in total. The molecule has 2 heterocycles. The minimum absolute atomic E-state index is 0.0197. The monoisotopic (exact) mass is 360 g/mol. The number of hydrogen-bond acceptors (Lipinski definition) is 4. The van der Waals surface area contributed by atoms with Crippen LogP contribution >= 0.6 is 11.6 Å². The number of piperazine rings is 1. The molecular formula is C15H18ClFN2O3S. The summed E-state index contributed by atoms with van der Waals surface area (Å²) in [6.45, 7) is 2.16. The molecule has 0 bridgehead atoms. The van der Waals surface area contributed by atoms with Gasteiger partial charge in [0.15, 0.2) is 9.84 Å². The fourth-order valence-electron chi connectivity index (χ4n) is 3.19. The van der Waals surface area contributed by atoms with Crippen molar-refractivity contribution in [1.29, 1.82) is 0 Å². The first kappa shape index (κ1) is 16.7. The Morgan fingerprint density at radius 1 is 1.22 bits per heavy atom. The van der Waals surface area contributed by atoms with Crippen LogP contribution in [0.25, 0.3) is 0 Å². The van der Waals surface area contributed by atoms with Crippen LogP contribution in [-0.2, 0) is 9.84 Å². The molecule has 1 atom stereocenters. The normalized spacial score (nSPS) is 24.8. The van der Waals surface area contributed by atoms with Crippen LogP contribution in [0.1, 0.15) is 16.8 Å². The highest BCUT2D eigenvalue weighted by Gasteiger charge is 2.34. The first-order valence-electron chi connectivity index (χ1n) is 7.54. The van der Waals surface area contributed by atoms with Crippen molar-refractivity contribution in [3.63, 3.8) is 0 Å². The minimum atomic E-state index is -2.91. The molecule has 0 spiro atoms. The molecule has 2 fully saturated rings. The number of rotatable bonds is 2. The lowest BCUT2D eigenvalue weighted by Crippen LogP contribution is -2.52. The van der Waals surface area contributed by atoms with E-state index < -0.39 is 15.7 Å². The average molecular weight is 361 g/mol. The smallest absolute Gasteiger partial charge is 0.256 e. The molecule has 2 aliphatic rings. The Hall–Kier alpha value is -1.18. The van der Waals surface area contributed by atoms with E-state index in [1.165, 1.54) is 12.1 Å². The lowest BCUT2D eigenvalue weighted by Gasteiger charge is -2.37. The Bertz CT molecular complexity index is 717. The molecule has 0 aromatic heterocycles. The lowest BCUT2D eigenvalue weighted by molar-refractivity contribution is 0.0583. The van der Waals surface area contributed by atoms with Crippen molar-refractivity contribution in [2.24, 2.45) is 0 Å². The van der Waals surface area contributed by atoms with Crippen LogP contribution in [0, 0.1) is 5.82 Å². The standard InChI is InChI=1S/C15H18ClFN2O3S/c16-11-1-2-13(14(17)9-11)15(20)19-6-4-18(5-7-19)12-3-8-23(21,22)10-12/h1-2,9,12H,3-8,10H2/t12-/m0/s1. The number of halogens is 2. The van der Waals surface area contributed by atoms with Gasteiger partial charge in [0.1, 0.15) is 5.82 Å². The second-order valence-electron chi connectivity index (χ2n) is 6.01. The van der Waals surface area contributed by atoms with E-state index in [9.17, 15) is 17.6 Å². The topological polar surface area (TPSA) is 57.7 Å². The van der Waals surface area contributed by atoms with Crippen LogP contribution < -0.4 is 0 Å². The summed E-state index contributed by atoms with van der Waals surface area (Å²) in [6, 6.07) is 4.08. The van der Waals surface area contributed by atoms with E-state index in [0.29, 0.717) is 32.6 Å². The predicted molar refractivity (Wildman–Crippen MR) is 85.9 cm³/mol. The van der Waals surface area contributed by atoms with Crippen LogP contribution in [0.5, 0.6) is 0 Å².